The van der Waals surface area contributed by atoms with Crippen molar-refractivity contribution in [2.24, 2.45) is 0 Å². The number of carbonyl (C=O) groups excluding carboxylic acids is 2. The lowest BCUT2D eigenvalue weighted by molar-refractivity contribution is -0.147. The van der Waals surface area contributed by atoms with Crippen molar-refractivity contribution >= 4 is 17.6 Å². The molecule has 0 radical (unpaired) electrons. The molecule has 0 bridgehead atoms. The molecule has 0 aliphatic carbocycles. The fourth-order valence-corrected chi connectivity index (χ4v) is 2.06. The number of halogens is 1. The van der Waals surface area contributed by atoms with Crippen molar-refractivity contribution < 1.29 is 23.5 Å². The first-order valence-corrected chi connectivity index (χ1v) is 7.85. The number of nitrogens with one attached hydrogen (secondary N) is 1. The maximum atomic E-state index is 12.8. The van der Waals surface area contributed by atoms with Gasteiger partial charge in [-0.05, 0) is 55.3 Å². The number of rotatable bonds is 7. The van der Waals surface area contributed by atoms with Gasteiger partial charge in [-0.25, -0.2) is 4.39 Å². The number of aryl methyl sites for hydroxylation is 2. The van der Waals surface area contributed by atoms with E-state index in [9.17, 15) is 14.0 Å². The van der Waals surface area contributed by atoms with Gasteiger partial charge in [-0.1, -0.05) is 12.1 Å². The molecule has 0 aliphatic rings. The van der Waals surface area contributed by atoms with E-state index >= 15 is 0 Å². The largest absolute Gasteiger partial charge is 0.493 e. The molecule has 0 saturated carbocycles. The molecule has 1 amide bonds. The third kappa shape index (κ3) is 6.25. The number of hydrogen-bond acceptors (Lipinski definition) is 4. The topological polar surface area (TPSA) is 64.6 Å². The molecule has 1 N–H and O–H groups in total. The number of esters is 1. The third-order valence-electron chi connectivity index (χ3n) is 3.40. The molecule has 0 heterocycles. The van der Waals surface area contributed by atoms with Crippen LogP contribution in [0.5, 0.6) is 5.75 Å². The lowest BCUT2D eigenvalue weighted by Crippen LogP contribution is -2.21. The SMILES string of the molecule is Cc1ccc(C)c(OCCC(=O)OCC(=O)Nc2ccc(F)cc2)c1. The van der Waals surface area contributed by atoms with Crippen molar-refractivity contribution in [3.05, 3.63) is 59.4 Å². The van der Waals surface area contributed by atoms with Crippen molar-refractivity contribution in [3.8, 4) is 5.75 Å². The van der Waals surface area contributed by atoms with Crippen LogP contribution in [-0.4, -0.2) is 25.1 Å². The van der Waals surface area contributed by atoms with E-state index in [1.165, 1.54) is 24.3 Å². The predicted molar refractivity (Wildman–Crippen MR) is 92.0 cm³/mol. The number of amides is 1. The van der Waals surface area contributed by atoms with E-state index in [-0.39, 0.29) is 13.0 Å². The molecular formula is C19H20FNO4. The van der Waals surface area contributed by atoms with Crippen molar-refractivity contribution in [2.45, 2.75) is 20.3 Å². The Morgan fingerprint density at radius 3 is 2.52 bits per heavy atom. The minimum Gasteiger partial charge on any atom is -0.493 e. The standard InChI is InChI=1S/C19H20FNO4/c1-13-3-4-14(2)17(11-13)24-10-9-19(23)25-12-18(22)21-16-7-5-15(20)6-8-16/h3-8,11H,9-10,12H2,1-2H3,(H,21,22). The van der Waals surface area contributed by atoms with E-state index in [4.69, 9.17) is 9.47 Å². The van der Waals surface area contributed by atoms with E-state index in [2.05, 4.69) is 5.32 Å². The molecule has 0 saturated heterocycles. The van der Waals surface area contributed by atoms with E-state index < -0.39 is 24.3 Å². The molecule has 0 fully saturated rings. The summed E-state index contributed by atoms with van der Waals surface area (Å²) in [5.74, 6) is -0.690. The first-order chi connectivity index (χ1) is 11.9. The maximum absolute atomic E-state index is 12.8. The van der Waals surface area contributed by atoms with Gasteiger partial charge < -0.3 is 14.8 Å². The second-order valence-electron chi connectivity index (χ2n) is 5.58. The van der Waals surface area contributed by atoms with Crippen LogP contribution in [0.15, 0.2) is 42.5 Å². The monoisotopic (exact) mass is 345 g/mol. The van der Waals surface area contributed by atoms with Crippen LogP contribution in [-0.2, 0) is 14.3 Å². The molecule has 2 aromatic rings. The fourth-order valence-electron chi connectivity index (χ4n) is 2.06. The zero-order valence-corrected chi connectivity index (χ0v) is 14.2. The normalized spacial score (nSPS) is 10.2. The summed E-state index contributed by atoms with van der Waals surface area (Å²) in [7, 11) is 0. The summed E-state index contributed by atoms with van der Waals surface area (Å²) < 4.78 is 23.2. The van der Waals surface area contributed by atoms with Gasteiger partial charge in [-0.2, -0.15) is 0 Å². The molecule has 132 valence electrons. The molecule has 5 nitrogen and oxygen atoms in total. The van der Waals surface area contributed by atoms with Gasteiger partial charge in [0, 0.05) is 5.69 Å². The summed E-state index contributed by atoms with van der Waals surface area (Å²) in [6.45, 7) is 3.65. The summed E-state index contributed by atoms with van der Waals surface area (Å²) in [5.41, 5.74) is 2.49. The summed E-state index contributed by atoms with van der Waals surface area (Å²) in [6, 6.07) is 11.1. The molecule has 2 aromatic carbocycles. The van der Waals surface area contributed by atoms with Crippen molar-refractivity contribution in [1.82, 2.24) is 0 Å². The van der Waals surface area contributed by atoms with E-state index in [0.29, 0.717) is 5.69 Å². The van der Waals surface area contributed by atoms with Crippen molar-refractivity contribution in [1.29, 1.82) is 0 Å². The highest BCUT2D eigenvalue weighted by Gasteiger charge is 2.09. The zero-order chi connectivity index (χ0) is 18.2. The predicted octanol–water partition coefficient (Wildman–Crippen LogP) is 3.39. The fraction of sp³-hybridized carbons (Fsp3) is 0.263. The maximum Gasteiger partial charge on any atom is 0.309 e. The number of benzene rings is 2. The minimum atomic E-state index is -0.528. The number of ether oxygens (including phenoxy) is 2. The van der Waals surface area contributed by atoms with Gasteiger partial charge in [-0.15, -0.1) is 0 Å². The molecule has 0 aromatic heterocycles. The van der Waals surface area contributed by atoms with Gasteiger partial charge in [0.05, 0.1) is 13.0 Å². The van der Waals surface area contributed by atoms with Crippen LogP contribution in [0.1, 0.15) is 17.5 Å². The van der Waals surface area contributed by atoms with Crippen molar-refractivity contribution in [3.63, 3.8) is 0 Å². The molecule has 0 spiro atoms. The van der Waals surface area contributed by atoms with Gasteiger partial charge in [0.2, 0.25) is 0 Å². The lowest BCUT2D eigenvalue weighted by atomic mass is 10.1. The van der Waals surface area contributed by atoms with E-state index in [1.807, 2.05) is 32.0 Å². The number of hydrogen-bond donors (Lipinski definition) is 1. The molecule has 6 heteroatoms. The Morgan fingerprint density at radius 1 is 1.08 bits per heavy atom. The van der Waals surface area contributed by atoms with Gasteiger partial charge in [-0.3, -0.25) is 9.59 Å². The lowest BCUT2D eigenvalue weighted by Gasteiger charge is -2.10. The average molecular weight is 345 g/mol. The Hall–Kier alpha value is -2.89. The van der Waals surface area contributed by atoms with Crippen LogP contribution in [0, 0.1) is 19.7 Å². The smallest absolute Gasteiger partial charge is 0.309 e. The first kappa shape index (κ1) is 18.4. The van der Waals surface area contributed by atoms with E-state index in [0.717, 1.165) is 16.9 Å². The third-order valence-corrected chi connectivity index (χ3v) is 3.40. The molecule has 25 heavy (non-hydrogen) atoms. The Labute approximate surface area is 145 Å². The van der Waals surface area contributed by atoms with Crippen LogP contribution in [0.25, 0.3) is 0 Å². The average Bonchev–Trinajstić information content (AvgIpc) is 2.58. The van der Waals surface area contributed by atoms with Gasteiger partial charge >= 0.3 is 5.97 Å². The molecule has 0 aliphatic heterocycles. The summed E-state index contributed by atoms with van der Waals surface area (Å²) in [5, 5.41) is 2.51. The quantitative estimate of drug-likeness (QED) is 0.781. The second kappa shape index (κ2) is 8.82. The molecule has 2 rings (SSSR count). The van der Waals surface area contributed by atoms with Crippen LogP contribution in [0.4, 0.5) is 10.1 Å². The molecule has 0 atom stereocenters. The minimum absolute atomic E-state index is 0.0389. The summed E-state index contributed by atoms with van der Waals surface area (Å²) in [6.07, 6.45) is 0.0389. The second-order valence-corrected chi connectivity index (χ2v) is 5.58. The first-order valence-electron chi connectivity index (χ1n) is 7.85. The Bertz CT molecular complexity index is 744. The van der Waals surface area contributed by atoms with Crippen LogP contribution in [0.3, 0.4) is 0 Å². The number of carbonyl (C=O) groups is 2. The molecule has 0 unspecified atom stereocenters. The highest BCUT2D eigenvalue weighted by molar-refractivity contribution is 5.92. The van der Waals surface area contributed by atoms with Gasteiger partial charge in [0.25, 0.3) is 5.91 Å². The Kier molecular flexibility index (Phi) is 6.51. The van der Waals surface area contributed by atoms with Gasteiger partial charge in [0.15, 0.2) is 6.61 Å². The summed E-state index contributed by atoms with van der Waals surface area (Å²) in [4.78, 5) is 23.3. The highest BCUT2D eigenvalue weighted by atomic mass is 19.1. The van der Waals surface area contributed by atoms with Crippen LogP contribution >= 0.6 is 0 Å². The number of anilines is 1. The zero-order valence-electron chi connectivity index (χ0n) is 14.2. The van der Waals surface area contributed by atoms with Crippen LogP contribution < -0.4 is 10.1 Å². The van der Waals surface area contributed by atoms with Gasteiger partial charge in [0.1, 0.15) is 11.6 Å². The molecular weight excluding hydrogens is 325 g/mol. The Balaban J connectivity index is 1.69. The van der Waals surface area contributed by atoms with Crippen LogP contribution in [0.2, 0.25) is 0 Å². The van der Waals surface area contributed by atoms with Crippen molar-refractivity contribution in [2.75, 3.05) is 18.5 Å². The Morgan fingerprint density at radius 2 is 1.80 bits per heavy atom. The van der Waals surface area contributed by atoms with E-state index in [1.54, 1.807) is 0 Å². The summed E-state index contributed by atoms with van der Waals surface area (Å²) >= 11 is 0. The highest BCUT2D eigenvalue weighted by Crippen LogP contribution is 2.19.